The van der Waals surface area contributed by atoms with Crippen molar-refractivity contribution in [2.75, 3.05) is 13.2 Å². The summed E-state index contributed by atoms with van der Waals surface area (Å²) in [6, 6.07) is 14.4. The first-order valence-corrected chi connectivity index (χ1v) is 6.69. The SMILES string of the molecule is CC(C)NCC(O)COc1cccc2ccccc12.[Cl-]. The van der Waals surface area contributed by atoms with Crippen molar-refractivity contribution in [3.8, 4) is 5.75 Å². The van der Waals surface area contributed by atoms with Crippen LogP contribution in [0.4, 0.5) is 0 Å². The molecule has 2 aromatic rings. The van der Waals surface area contributed by atoms with Crippen LogP contribution in [-0.2, 0) is 0 Å². The van der Waals surface area contributed by atoms with E-state index in [2.05, 4.69) is 31.3 Å². The maximum atomic E-state index is 9.84. The highest BCUT2D eigenvalue weighted by atomic mass is 35.5. The third-order valence-electron chi connectivity index (χ3n) is 2.94. The summed E-state index contributed by atoms with van der Waals surface area (Å²) in [5, 5.41) is 15.3. The van der Waals surface area contributed by atoms with Crippen molar-refractivity contribution < 1.29 is 22.3 Å². The lowest BCUT2D eigenvalue weighted by atomic mass is 10.1. The Kier molecular flexibility index (Phi) is 6.79. The number of hydrogen-bond acceptors (Lipinski definition) is 3. The quantitative estimate of drug-likeness (QED) is 0.761. The van der Waals surface area contributed by atoms with Gasteiger partial charge in [-0.25, -0.2) is 0 Å². The van der Waals surface area contributed by atoms with Crippen molar-refractivity contribution in [2.24, 2.45) is 0 Å². The molecule has 2 aromatic carbocycles. The monoisotopic (exact) mass is 294 g/mol. The van der Waals surface area contributed by atoms with Crippen LogP contribution >= 0.6 is 0 Å². The van der Waals surface area contributed by atoms with Gasteiger partial charge in [-0.15, -0.1) is 0 Å². The van der Waals surface area contributed by atoms with Gasteiger partial charge in [-0.3, -0.25) is 0 Å². The Hall–Kier alpha value is -1.29. The van der Waals surface area contributed by atoms with E-state index in [4.69, 9.17) is 4.74 Å². The van der Waals surface area contributed by atoms with E-state index in [0.717, 1.165) is 16.5 Å². The van der Waals surface area contributed by atoms with Gasteiger partial charge in [0.25, 0.3) is 0 Å². The molecule has 0 aromatic heterocycles. The van der Waals surface area contributed by atoms with Gasteiger partial charge in [0.15, 0.2) is 0 Å². The number of aliphatic hydroxyl groups excluding tert-OH is 1. The Morgan fingerprint density at radius 2 is 1.80 bits per heavy atom. The molecule has 0 heterocycles. The van der Waals surface area contributed by atoms with Crippen LogP contribution in [0.3, 0.4) is 0 Å². The van der Waals surface area contributed by atoms with Crippen molar-refractivity contribution in [2.45, 2.75) is 26.0 Å². The lowest BCUT2D eigenvalue weighted by Crippen LogP contribution is -3.00. The van der Waals surface area contributed by atoms with Gasteiger partial charge in [0.2, 0.25) is 0 Å². The van der Waals surface area contributed by atoms with Crippen molar-refractivity contribution in [3.05, 3.63) is 42.5 Å². The fraction of sp³-hybridized carbons (Fsp3) is 0.375. The van der Waals surface area contributed by atoms with E-state index < -0.39 is 6.10 Å². The maximum absolute atomic E-state index is 9.84. The highest BCUT2D eigenvalue weighted by Crippen LogP contribution is 2.25. The fourth-order valence-corrected chi connectivity index (χ4v) is 1.94. The Morgan fingerprint density at radius 1 is 1.10 bits per heavy atom. The van der Waals surface area contributed by atoms with Crippen LogP contribution in [0.25, 0.3) is 10.8 Å². The number of fused-ring (bicyclic) bond motifs is 1. The van der Waals surface area contributed by atoms with Gasteiger partial charge in [0.1, 0.15) is 18.5 Å². The van der Waals surface area contributed by atoms with Crippen LogP contribution in [0.15, 0.2) is 42.5 Å². The molecule has 2 N–H and O–H groups in total. The van der Waals surface area contributed by atoms with E-state index in [0.29, 0.717) is 19.2 Å². The summed E-state index contributed by atoms with van der Waals surface area (Å²) in [6.45, 7) is 4.95. The van der Waals surface area contributed by atoms with Crippen molar-refractivity contribution in [3.63, 3.8) is 0 Å². The minimum absolute atomic E-state index is 0. The molecular weight excluding hydrogens is 274 g/mol. The predicted molar refractivity (Wildman–Crippen MR) is 78.6 cm³/mol. The molecule has 0 spiro atoms. The highest BCUT2D eigenvalue weighted by Gasteiger charge is 2.07. The van der Waals surface area contributed by atoms with Gasteiger partial charge in [-0.1, -0.05) is 50.2 Å². The first kappa shape index (κ1) is 16.8. The third-order valence-corrected chi connectivity index (χ3v) is 2.94. The lowest BCUT2D eigenvalue weighted by molar-refractivity contribution is -0.00000575. The first-order chi connectivity index (χ1) is 9.16. The number of ether oxygens (including phenoxy) is 1. The van der Waals surface area contributed by atoms with Crippen molar-refractivity contribution in [1.29, 1.82) is 0 Å². The Morgan fingerprint density at radius 3 is 2.55 bits per heavy atom. The molecule has 1 atom stereocenters. The van der Waals surface area contributed by atoms with E-state index in [-0.39, 0.29) is 12.4 Å². The van der Waals surface area contributed by atoms with E-state index in [1.54, 1.807) is 0 Å². The number of rotatable bonds is 6. The Labute approximate surface area is 126 Å². The summed E-state index contributed by atoms with van der Waals surface area (Å²) in [5.41, 5.74) is 0. The predicted octanol–water partition coefficient (Wildman–Crippen LogP) is -0.418. The zero-order valence-corrected chi connectivity index (χ0v) is 12.6. The molecule has 0 fully saturated rings. The van der Waals surface area contributed by atoms with Gasteiger partial charge < -0.3 is 27.6 Å². The molecule has 3 nitrogen and oxygen atoms in total. The molecule has 0 saturated carbocycles. The van der Waals surface area contributed by atoms with Crippen molar-refractivity contribution >= 4 is 10.8 Å². The molecule has 4 heteroatoms. The van der Waals surface area contributed by atoms with Crippen LogP contribution in [0.1, 0.15) is 13.8 Å². The molecule has 2 rings (SSSR count). The molecule has 0 aliphatic carbocycles. The van der Waals surface area contributed by atoms with Gasteiger partial charge in [-0.2, -0.15) is 0 Å². The van der Waals surface area contributed by atoms with E-state index in [9.17, 15) is 5.11 Å². The average Bonchev–Trinajstić information content (AvgIpc) is 2.42. The lowest BCUT2D eigenvalue weighted by Gasteiger charge is -2.15. The average molecular weight is 295 g/mol. The summed E-state index contributed by atoms with van der Waals surface area (Å²) < 4.78 is 5.72. The minimum atomic E-state index is -0.499. The minimum Gasteiger partial charge on any atom is -1.00 e. The van der Waals surface area contributed by atoms with Gasteiger partial charge in [0, 0.05) is 18.0 Å². The largest absolute Gasteiger partial charge is 1.00 e. The van der Waals surface area contributed by atoms with Gasteiger partial charge >= 0.3 is 0 Å². The van der Waals surface area contributed by atoms with Crippen LogP contribution in [-0.4, -0.2) is 30.4 Å². The molecule has 110 valence electrons. The second-order valence-corrected chi connectivity index (χ2v) is 5.01. The first-order valence-electron chi connectivity index (χ1n) is 6.69. The Balaban J connectivity index is 0.00000200. The maximum Gasteiger partial charge on any atom is 0.127 e. The molecule has 1 unspecified atom stereocenters. The fourth-order valence-electron chi connectivity index (χ4n) is 1.94. The Bertz CT molecular complexity index is 525. The van der Waals surface area contributed by atoms with Gasteiger partial charge in [-0.05, 0) is 11.5 Å². The molecule has 0 bridgehead atoms. The van der Waals surface area contributed by atoms with E-state index in [1.165, 1.54) is 0 Å². The third kappa shape index (κ3) is 4.67. The molecule has 0 saturated heterocycles. The summed E-state index contributed by atoms with van der Waals surface area (Å²) in [6.07, 6.45) is -0.499. The number of halogens is 1. The molecule has 20 heavy (non-hydrogen) atoms. The zero-order chi connectivity index (χ0) is 13.7. The highest BCUT2D eigenvalue weighted by molar-refractivity contribution is 5.88. The smallest absolute Gasteiger partial charge is 0.127 e. The molecule has 0 amide bonds. The molecule has 0 aliphatic heterocycles. The zero-order valence-electron chi connectivity index (χ0n) is 11.8. The summed E-state index contributed by atoms with van der Waals surface area (Å²) in [4.78, 5) is 0. The van der Waals surface area contributed by atoms with Crippen LogP contribution in [0.5, 0.6) is 5.75 Å². The summed E-state index contributed by atoms with van der Waals surface area (Å²) in [5.74, 6) is 0.821. The second-order valence-electron chi connectivity index (χ2n) is 5.01. The molecular formula is C16H21ClNO2-. The topological polar surface area (TPSA) is 41.5 Å². The number of hydrogen-bond donors (Lipinski definition) is 2. The van der Waals surface area contributed by atoms with E-state index in [1.807, 2.05) is 30.3 Å². The normalized spacial score (nSPS) is 12.2. The standard InChI is InChI=1S/C16H21NO2.ClH/c1-12(2)17-10-14(18)11-19-16-9-5-7-13-6-3-4-8-15(13)16;/h3-9,12,14,17-18H,10-11H2,1-2H3;1H/p-1. The molecule has 0 aliphatic rings. The van der Waals surface area contributed by atoms with Crippen LogP contribution in [0.2, 0.25) is 0 Å². The molecule has 0 radical (unpaired) electrons. The number of aliphatic hydroxyl groups is 1. The summed E-state index contributed by atoms with van der Waals surface area (Å²) in [7, 11) is 0. The van der Waals surface area contributed by atoms with Gasteiger partial charge in [0.05, 0.1) is 0 Å². The number of nitrogens with one attached hydrogen (secondary N) is 1. The second kappa shape index (κ2) is 8.10. The van der Waals surface area contributed by atoms with Crippen LogP contribution < -0.4 is 22.5 Å². The van der Waals surface area contributed by atoms with Crippen LogP contribution in [0, 0.1) is 0 Å². The van der Waals surface area contributed by atoms with E-state index >= 15 is 0 Å². The number of benzene rings is 2. The summed E-state index contributed by atoms with van der Waals surface area (Å²) >= 11 is 0. The van der Waals surface area contributed by atoms with Crippen molar-refractivity contribution in [1.82, 2.24) is 5.32 Å².